The van der Waals surface area contributed by atoms with Crippen LogP contribution in [0.4, 0.5) is 11.6 Å². The Kier molecular flexibility index (Phi) is 3.72. The first-order valence-electron chi connectivity index (χ1n) is 3.99. The summed E-state index contributed by atoms with van der Waals surface area (Å²) in [6.07, 6.45) is 0. The van der Waals surface area contributed by atoms with Gasteiger partial charge in [-0.3, -0.25) is 4.79 Å². The molecule has 2 heterocycles. The molecule has 0 radical (unpaired) electrons. The standard InChI is InChI=1S/C7H8N5OS.Na/c1-3-6(13)10-5-2-4(8)9-7(14)12(5)11-3;/h2-3H,1H3,(H,10,13)(H2,8,9,14);/q-1;+1. The number of carbonyl (C=O) groups excluding carboxylic acids is 1. The first-order chi connectivity index (χ1) is 6.58. The summed E-state index contributed by atoms with van der Waals surface area (Å²) in [6, 6.07) is 1.06. The van der Waals surface area contributed by atoms with Crippen LogP contribution in [0.5, 0.6) is 0 Å². The molecule has 2 rings (SSSR count). The zero-order chi connectivity index (χ0) is 10.3. The summed E-state index contributed by atoms with van der Waals surface area (Å²) in [5.74, 6) is 0.557. The summed E-state index contributed by atoms with van der Waals surface area (Å²) < 4.78 is 1.64. The van der Waals surface area contributed by atoms with Crippen molar-refractivity contribution in [1.29, 1.82) is 0 Å². The molecule has 0 saturated carbocycles. The molecule has 0 aromatic carbocycles. The van der Waals surface area contributed by atoms with Crippen LogP contribution in [-0.2, 0) is 4.79 Å². The number of nitrogens with one attached hydrogen (secondary N) is 1. The number of fused-ring (bicyclic) bond motifs is 1. The molecular weight excluding hydrogens is 225 g/mol. The smallest absolute Gasteiger partial charge is 0.603 e. The van der Waals surface area contributed by atoms with Gasteiger partial charge >= 0.3 is 29.6 Å². The Hall–Kier alpha value is -0.630. The quantitative estimate of drug-likeness (QED) is 0.389. The van der Waals surface area contributed by atoms with Gasteiger partial charge < -0.3 is 21.2 Å². The molecule has 0 fully saturated rings. The molecule has 3 N–H and O–H groups in total. The van der Waals surface area contributed by atoms with Gasteiger partial charge in [-0.1, -0.05) is 6.92 Å². The van der Waals surface area contributed by atoms with Gasteiger partial charge in [0.15, 0.2) is 4.77 Å². The fraction of sp³-hybridized carbons (Fsp3) is 0.286. The van der Waals surface area contributed by atoms with E-state index < -0.39 is 6.04 Å². The number of nitrogen functional groups attached to an aromatic ring is 1. The maximum Gasteiger partial charge on any atom is 1.00 e. The number of nitrogens with two attached hydrogens (primary N) is 1. The minimum atomic E-state index is -0.459. The van der Waals surface area contributed by atoms with E-state index in [1.165, 1.54) is 10.7 Å². The van der Waals surface area contributed by atoms with Crippen molar-refractivity contribution < 1.29 is 34.4 Å². The van der Waals surface area contributed by atoms with Gasteiger partial charge in [0.1, 0.15) is 11.6 Å². The molecule has 1 unspecified atom stereocenters. The Bertz CT molecular complexity index is 459. The van der Waals surface area contributed by atoms with E-state index in [9.17, 15) is 4.79 Å². The minimum Gasteiger partial charge on any atom is -0.603 e. The van der Waals surface area contributed by atoms with Crippen LogP contribution in [0, 0.1) is 4.77 Å². The summed E-state index contributed by atoms with van der Waals surface area (Å²) in [6.45, 7) is 1.68. The molecule has 1 aliphatic heterocycles. The molecule has 1 aliphatic rings. The van der Waals surface area contributed by atoms with Gasteiger partial charge in [-0.15, -0.1) is 0 Å². The second-order valence-electron chi connectivity index (χ2n) is 2.94. The Morgan fingerprint density at radius 1 is 1.73 bits per heavy atom. The molecule has 74 valence electrons. The average Bonchev–Trinajstić information content (AvgIpc) is 2.08. The largest absolute Gasteiger partial charge is 1.00 e. The van der Waals surface area contributed by atoms with Crippen LogP contribution in [-0.4, -0.2) is 21.6 Å². The van der Waals surface area contributed by atoms with Crippen LogP contribution < -0.4 is 40.6 Å². The van der Waals surface area contributed by atoms with Gasteiger partial charge in [0.25, 0.3) is 0 Å². The molecule has 15 heavy (non-hydrogen) atoms. The SMILES string of the molecule is CC1[N-]n2c(cc(N)nc2=S)NC1=O.[Na+]. The molecule has 1 aromatic heterocycles. The van der Waals surface area contributed by atoms with Crippen molar-refractivity contribution in [3.8, 4) is 0 Å². The molecule has 0 bridgehead atoms. The van der Waals surface area contributed by atoms with E-state index in [0.717, 1.165) is 0 Å². The monoisotopic (exact) mass is 233 g/mol. The van der Waals surface area contributed by atoms with E-state index >= 15 is 0 Å². The van der Waals surface area contributed by atoms with Crippen LogP contribution in [0.3, 0.4) is 0 Å². The predicted octanol–water partition coefficient (Wildman–Crippen LogP) is -2.32. The van der Waals surface area contributed by atoms with Gasteiger partial charge in [0.2, 0.25) is 5.91 Å². The number of carbonyl (C=O) groups is 1. The number of hydrogen-bond acceptors (Lipinski definition) is 4. The molecule has 0 spiro atoms. The zero-order valence-electron chi connectivity index (χ0n) is 8.39. The van der Waals surface area contributed by atoms with Gasteiger partial charge in [0.05, 0.1) is 0 Å². The summed E-state index contributed by atoms with van der Waals surface area (Å²) in [5, 5.41) is 2.63. The van der Waals surface area contributed by atoms with Gasteiger partial charge in [0, 0.05) is 6.07 Å². The van der Waals surface area contributed by atoms with E-state index in [1.54, 1.807) is 6.92 Å². The van der Waals surface area contributed by atoms with E-state index in [2.05, 4.69) is 15.7 Å². The van der Waals surface area contributed by atoms with E-state index in [-0.39, 0.29) is 46.1 Å². The number of nitrogens with zero attached hydrogens (tertiary/aromatic N) is 3. The molecule has 6 nitrogen and oxygen atoms in total. The Morgan fingerprint density at radius 2 is 2.40 bits per heavy atom. The van der Waals surface area contributed by atoms with Crippen molar-refractivity contribution in [2.24, 2.45) is 0 Å². The van der Waals surface area contributed by atoms with Gasteiger partial charge in [-0.05, 0) is 18.3 Å². The van der Waals surface area contributed by atoms with Crippen LogP contribution in [0.2, 0.25) is 0 Å². The van der Waals surface area contributed by atoms with Crippen LogP contribution >= 0.6 is 12.2 Å². The molecule has 0 saturated heterocycles. The van der Waals surface area contributed by atoms with E-state index in [1.807, 2.05) is 0 Å². The van der Waals surface area contributed by atoms with Crippen molar-refractivity contribution in [2.75, 3.05) is 11.1 Å². The third kappa shape index (κ3) is 2.31. The number of rotatable bonds is 0. The maximum atomic E-state index is 11.3. The average molecular weight is 233 g/mol. The first-order valence-corrected chi connectivity index (χ1v) is 4.40. The molecule has 8 heteroatoms. The molecule has 1 aromatic rings. The van der Waals surface area contributed by atoms with Crippen LogP contribution in [0.15, 0.2) is 6.07 Å². The summed E-state index contributed by atoms with van der Waals surface area (Å²) in [7, 11) is 0. The molecule has 0 aliphatic carbocycles. The number of amides is 1. The van der Waals surface area contributed by atoms with Crippen molar-refractivity contribution in [3.63, 3.8) is 0 Å². The Morgan fingerprint density at radius 3 is 3.07 bits per heavy atom. The molecule has 1 atom stereocenters. The summed E-state index contributed by atoms with van der Waals surface area (Å²) >= 11 is 4.94. The van der Waals surface area contributed by atoms with Crippen molar-refractivity contribution >= 4 is 29.8 Å². The first kappa shape index (κ1) is 12.4. The summed E-state index contributed by atoms with van der Waals surface area (Å²) in [5.41, 5.74) is 9.53. The second-order valence-corrected chi connectivity index (χ2v) is 3.31. The van der Waals surface area contributed by atoms with Crippen LogP contribution in [0.1, 0.15) is 6.92 Å². The Balaban J connectivity index is 0.00000112. The third-order valence-corrected chi connectivity index (χ3v) is 2.10. The van der Waals surface area contributed by atoms with E-state index in [4.69, 9.17) is 18.0 Å². The van der Waals surface area contributed by atoms with Crippen molar-refractivity contribution in [3.05, 3.63) is 16.3 Å². The zero-order valence-corrected chi connectivity index (χ0v) is 11.2. The van der Waals surface area contributed by atoms with E-state index in [0.29, 0.717) is 5.82 Å². The number of aromatic nitrogens is 2. The second kappa shape index (κ2) is 4.48. The molecular formula is C7H8N5NaOS. The normalized spacial score (nSPS) is 18.2. The topological polar surface area (TPSA) is 87.0 Å². The number of hydrogen-bond donors (Lipinski definition) is 2. The van der Waals surface area contributed by atoms with Crippen LogP contribution in [0.25, 0.3) is 5.43 Å². The minimum absolute atomic E-state index is 0. The fourth-order valence-corrected chi connectivity index (χ4v) is 1.40. The maximum absolute atomic E-state index is 11.3. The predicted molar refractivity (Wildman–Crippen MR) is 54.3 cm³/mol. The fourth-order valence-electron chi connectivity index (χ4n) is 1.15. The van der Waals surface area contributed by atoms with Crippen molar-refractivity contribution in [2.45, 2.75) is 13.0 Å². The van der Waals surface area contributed by atoms with Gasteiger partial charge in [-0.2, -0.15) is 0 Å². The third-order valence-electron chi connectivity index (χ3n) is 1.84. The summed E-state index contributed by atoms with van der Waals surface area (Å²) in [4.78, 5) is 15.1. The van der Waals surface area contributed by atoms with Crippen molar-refractivity contribution in [1.82, 2.24) is 9.66 Å². The van der Waals surface area contributed by atoms with Gasteiger partial charge in [-0.25, -0.2) is 4.98 Å². The Labute approximate surface area is 114 Å². The molecule has 1 amide bonds. The number of anilines is 2.